The summed E-state index contributed by atoms with van der Waals surface area (Å²) in [6, 6.07) is 33.0. The Morgan fingerprint density at radius 2 is 1.10 bits per heavy atom. The van der Waals surface area contributed by atoms with Gasteiger partial charge in [0.1, 0.15) is 0 Å². The summed E-state index contributed by atoms with van der Waals surface area (Å²) in [7, 11) is 0. The van der Waals surface area contributed by atoms with Crippen LogP contribution in [0.2, 0.25) is 0 Å². The lowest BCUT2D eigenvalue weighted by Crippen LogP contribution is -2.30. The zero-order valence-corrected chi connectivity index (χ0v) is 23.1. The Hall–Kier alpha value is -4.76. The number of benzene rings is 5. The van der Waals surface area contributed by atoms with Crippen LogP contribution in [0.1, 0.15) is 62.4 Å². The molecule has 0 fully saturated rings. The summed E-state index contributed by atoms with van der Waals surface area (Å²) in [6.07, 6.45) is 1.78. The number of para-hydroxylation sites is 2. The molecule has 3 nitrogen and oxygen atoms in total. The van der Waals surface area contributed by atoms with Crippen molar-refractivity contribution in [3.63, 3.8) is 0 Å². The standard InChI is InChI=1S/C37H29NO2/c1-22-18-34(38-32-15-9-7-13-30(32)37(3,4)31-14-8-10-16-33(31)38)23(2)17-26(22)21-29-35(39)27-19-24-11-5-6-12-25(24)20-28(27)36(29)40/h5-21H,1-4H3. The lowest BCUT2D eigenvalue weighted by Gasteiger charge is -2.42. The maximum atomic E-state index is 13.4. The summed E-state index contributed by atoms with van der Waals surface area (Å²) in [4.78, 5) is 29.2. The Kier molecular flexibility index (Phi) is 5.24. The van der Waals surface area contributed by atoms with Crippen molar-refractivity contribution < 1.29 is 9.59 Å². The number of carbonyl (C=O) groups excluding carboxylic acids is 2. The Morgan fingerprint density at radius 1 is 0.600 bits per heavy atom. The maximum Gasteiger partial charge on any atom is 0.197 e. The van der Waals surface area contributed by atoms with E-state index in [-0.39, 0.29) is 22.6 Å². The number of ketones is 2. The molecule has 1 heterocycles. The van der Waals surface area contributed by atoms with Crippen LogP contribution >= 0.6 is 0 Å². The molecule has 0 bridgehead atoms. The largest absolute Gasteiger partial charge is 0.310 e. The number of nitrogens with zero attached hydrogens (tertiary/aromatic N) is 1. The molecule has 7 rings (SSSR count). The minimum Gasteiger partial charge on any atom is -0.310 e. The van der Waals surface area contributed by atoms with Crippen molar-refractivity contribution in [1.29, 1.82) is 0 Å². The predicted octanol–water partition coefficient (Wildman–Crippen LogP) is 9.03. The molecule has 40 heavy (non-hydrogen) atoms. The molecule has 0 saturated carbocycles. The van der Waals surface area contributed by atoms with Crippen LogP contribution in [0, 0.1) is 13.8 Å². The van der Waals surface area contributed by atoms with Crippen LogP contribution < -0.4 is 4.90 Å². The van der Waals surface area contributed by atoms with Crippen molar-refractivity contribution in [2.24, 2.45) is 0 Å². The fraction of sp³-hybridized carbons (Fsp3) is 0.135. The van der Waals surface area contributed by atoms with E-state index in [9.17, 15) is 9.59 Å². The molecule has 1 aliphatic carbocycles. The number of rotatable bonds is 2. The third-order valence-corrected chi connectivity index (χ3v) is 8.63. The highest BCUT2D eigenvalue weighted by Crippen LogP contribution is 2.52. The number of allylic oxidation sites excluding steroid dienone is 1. The van der Waals surface area contributed by atoms with Gasteiger partial charge in [-0.2, -0.15) is 0 Å². The Labute approximate surface area is 234 Å². The van der Waals surface area contributed by atoms with Gasteiger partial charge in [-0.15, -0.1) is 0 Å². The van der Waals surface area contributed by atoms with Gasteiger partial charge < -0.3 is 4.90 Å². The summed E-state index contributed by atoms with van der Waals surface area (Å²) >= 11 is 0. The van der Waals surface area contributed by atoms with Gasteiger partial charge in [0.25, 0.3) is 0 Å². The molecule has 0 amide bonds. The second-order valence-corrected chi connectivity index (χ2v) is 11.5. The van der Waals surface area contributed by atoms with E-state index in [4.69, 9.17) is 0 Å². The molecular weight excluding hydrogens is 490 g/mol. The smallest absolute Gasteiger partial charge is 0.197 e. The molecule has 0 atom stereocenters. The van der Waals surface area contributed by atoms with E-state index in [1.54, 1.807) is 6.08 Å². The van der Waals surface area contributed by atoms with Crippen molar-refractivity contribution in [3.05, 3.63) is 142 Å². The van der Waals surface area contributed by atoms with Crippen LogP contribution in [0.4, 0.5) is 17.1 Å². The SMILES string of the molecule is Cc1cc(N2c3ccccc3C(C)(C)c3ccccc32)c(C)cc1C=C1C(=O)c2cc3ccccc3cc2C1=O. The van der Waals surface area contributed by atoms with Crippen molar-refractivity contribution in [2.45, 2.75) is 33.1 Å². The van der Waals surface area contributed by atoms with Crippen LogP contribution in [-0.4, -0.2) is 11.6 Å². The summed E-state index contributed by atoms with van der Waals surface area (Å²) in [5.41, 5.74) is 10.0. The van der Waals surface area contributed by atoms with Gasteiger partial charge in [-0.1, -0.05) is 74.5 Å². The van der Waals surface area contributed by atoms with Gasteiger partial charge in [-0.05, 0) is 94.9 Å². The third-order valence-electron chi connectivity index (χ3n) is 8.63. The van der Waals surface area contributed by atoms with Crippen LogP contribution in [0.25, 0.3) is 16.8 Å². The van der Waals surface area contributed by atoms with Crippen molar-refractivity contribution in [2.75, 3.05) is 4.90 Å². The molecular formula is C37H29NO2. The van der Waals surface area contributed by atoms with E-state index in [0.717, 1.165) is 33.2 Å². The van der Waals surface area contributed by atoms with Gasteiger partial charge in [0.2, 0.25) is 0 Å². The predicted molar refractivity (Wildman–Crippen MR) is 163 cm³/mol. The molecule has 0 N–H and O–H groups in total. The first kappa shape index (κ1) is 24.3. The molecule has 194 valence electrons. The third kappa shape index (κ3) is 3.44. The van der Waals surface area contributed by atoms with E-state index in [1.165, 1.54) is 22.5 Å². The van der Waals surface area contributed by atoms with Gasteiger partial charge in [-0.3, -0.25) is 9.59 Å². The van der Waals surface area contributed by atoms with E-state index in [1.807, 2.05) is 43.3 Å². The molecule has 2 aliphatic rings. The second kappa shape index (κ2) is 8.62. The summed E-state index contributed by atoms with van der Waals surface area (Å²) in [6.45, 7) is 8.71. The summed E-state index contributed by atoms with van der Waals surface area (Å²) < 4.78 is 0. The molecule has 0 radical (unpaired) electrons. The number of fused-ring (bicyclic) bond motifs is 4. The van der Waals surface area contributed by atoms with E-state index >= 15 is 0 Å². The normalized spacial score (nSPS) is 15.2. The first-order valence-electron chi connectivity index (χ1n) is 13.7. The molecule has 5 aromatic carbocycles. The number of hydrogen-bond donors (Lipinski definition) is 0. The average molecular weight is 520 g/mol. The number of Topliss-reactive ketones (excluding diaryl/α,β-unsaturated/α-hetero) is 2. The molecule has 5 aromatic rings. The minimum atomic E-state index is -0.201. The second-order valence-electron chi connectivity index (χ2n) is 11.5. The summed E-state index contributed by atoms with van der Waals surface area (Å²) in [5, 5.41) is 1.93. The molecule has 0 aromatic heterocycles. The van der Waals surface area contributed by atoms with Gasteiger partial charge in [0.15, 0.2) is 11.6 Å². The lowest BCUT2D eigenvalue weighted by atomic mass is 9.73. The topological polar surface area (TPSA) is 37.4 Å². The zero-order valence-electron chi connectivity index (χ0n) is 23.1. The number of hydrogen-bond acceptors (Lipinski definition) is 3. The Morgan fingerprint density at radius 3 is 1.65 bits per heavy atom. The first-order valence-corrected chi connectivity index (χ1v) is 13.7. The minimum absolute atomic E-state index is 0.125. The van der Waals surface area contributed by atoms with Crippen LogP contribution in [0.15, 0.2) is 103 Å². The van der Waals surface area contributed by atoms with Crippen molar-refractivity contribution in [3.8, 4) is 0 Å². The monoisotopic (exact) mass is 519 g/mol. The fourth-order valence-corrected chi connectivity index (χ4v) is 6.44. The quantitative estimate of drug-likeness (QED) is 0.172. The highest BCUT2D eigenvalue weighted by molar-refractivity contribution is 6.42. The van der Waals surface area contributed by atoms with Gasteiger partial charge in [-0.25, -0.2) is 0 Å². The van der Waals surface area contributed by atoms with E-state index < -0.39 is 0 Å². The average Bonchev–Trinajstić information content (AvgIpc) is 3.18. The Bertz CT molecular complexity index is 1840. The lowest BCUT2D eigenvalue weighted by molar-refractivity contribution is 0.0990. The fourth-order valence-electron chi connectivity index (χ4n) is 6.44. The van der Waals surface area contributed by atoms with E-state index in [0.29, 0.717) is 11.1 Å². The molecule has 0 spiro atoms. The van der Waals surface area contributed by atoms with Crippen molar-refractivity contribution >= 4 is 45.5 Å². The van der Waals surface area contributed by atoms with Gasteiger partial charge in [0.05, 0.1) is 16.9 Å². The molecule has 3 heteroatoms. The van der Waals surface area contributed by atoms with Gasteiger partial charge in [0, 0.05) is 22.2 Å². The highest BCUT2D eigenvalue weighted by Gasteiger charge is 2.37. The Balaban J connectivity index is 1.34. The van der Waals surface area contributed by atoms with E-state index in [2.05, 4.69) is 86.3 Å². The number of anilines is 3. The van der Waals surface area contributed by atoms with Gasteiger partial charge >= 0.3 is 0 Å². The molecule has 1 aliphatic heterocycles. The van der Waals surface area contributed by atoms with Crippen molar-refractivity contribution in [1.82, 2.24) is 0 Å². The van der Waals surface area contributed by atoms with Crippen LogP contribution in [0.5, 0.6) is 0 Å². The number of aryl methyl sites for hydroxylation is 2. The first-order chi connectivity index (χ1) is 19.3. The highest BCUT2D eigenvalue weighted by atomic mass is 16.2. The summed E-state index contributed by atoms with van der Waals surface area (Å²) in [5.74, 6) is -0.402. The maximum absolute atomic E-state index is 13.4. The zero-order chi connectivity index (χ0) is 27.8. The van der Waals surface area contributed by atoms with Crippen LogP contribution in [0.3, 0.4) is 0 Å². The number of carbonyl (C=O) groups is 2. The molecule has 0 unspecified atom stereocenters. The molecule has 0 saturated heterocycles. The van der Waals surface area contributed by atoms with Crippen LogP contribution in [-0.2, 0) is 5.41 Å².